The summed E-state index contributed by atoms with van der Waals surface area (Å²) in [6, 6.07) is 12.6. The molecule has 1 aliphatic carbocycles. The SMILES string of the molecule is CCCCN1CC(CC)c2cccc(/C(C)=C(/c3ccc(C(=O)O)cc3C)C3CCCCC3)c21. The summed E-state index contributed by atoms with van der Waals surface area (Å²) in [5.41, 5.74) is 9.85. The number of unbranched alkanes of at least 4 members (excludes halogenated alkanes) is 1. The van der Waals surface area contributed by atoms with Gasteiger partial charge in [0.05, 0.1) is 5.56 Å². The van der Waals surface area contributed by atoms with E-state index in [1.165, 1.54) is 84.9 Å². The third-order valence-electron chi connectivity index (χ3n) is 8.12. The molecule has 1 saturated carbocycles. The average Bonchev–Trinajstić information content (AvgIpc) is 3.22. The van der Waals surface area contributed by atoms with E-state index >= 15 is 0 Å². The van der Waals surface area contributed by atoms with Crippen molar-refractivity contribution in [1.82, 2.24) is 0 Å². The topological polar surface area (TPSA) is 40.5 Å². The number of nitrogens with zero attached hydrogens (tertiary/aromatic N) is 1. The largest absolute Gasteiger partial charge is 0.478 e. The Kier molecular flexibility index (Phi) is 7.80. The maximum absolute atomic E-state index is 11.6. The number of hydrogen-bond donors (Lipinski definition) is 1. The molecule has 1 fully saturated rings. The van der Waals surface area contributed by atoms with Crippen LogP contribution in [-0.4, -0.2) is 24.2 Å². The lowest BCUT2D eigenvalue weighted by Crippen LogP contribution is -2.23. The molecule has 1 aliphatic heterocycles. The van der Waals surface area contributed by atoms with Crippen molar-refractivity contribution in [2.45, 2.75) is 85.0 Å². The number of benzene rings is 2. The number of carboxylic acid groups (broad SMARTS) is 1. The molecule has 2 aromatic rings. The molecule has 2 aromatic carbocycles. The van der Waals surface area contributed by atoms with Gasteiger partial charge in [-0.05, 0) is 85.4 Å². The van der Waals surface area contributed by atoms with Gasteiger partial charge in [0.15, 0.2) is 0 Å². The molecule has 1 atom stereocenters. The van der Waals surface area contributed by atoms with Crippen molar-refractivity contribution in [3.05, 3.63) is 64.2 Å². The highest BCUT2D eigenvalue weighted by atomic mass is 16.4. The van der Waals surface area contributed by atoms with Gasteiger partial charge in [-0.15, -0.1) is 0 Å². The minimum absolute atomic E-state index is 0.374. The van der Waals surface area contributed by atoms with Crippen LogP contribution in [-0.2, 0) is 0 Å². The maximum atomic E-state index is 11.6. The lowest BCUT2D eigenvalue weighted by molar-refractivity contribution is 0.0696. The summed E-state index contributed by atoms with van der Waals surface area (Å²) in [5, 5.41) is 9.51. The fourth-order valence-electron chi connectivity index (χ4n) is 6.27. The maximum Gasteiger partial charge on any atom is 0.335 e. The average molecular weight is 460 g/mol. The third-order valence-corrected chi connectivity index (χ3v) is 8.12. The van der Waals surface area contributed by atoms with E-state index in [1.807, 2.05) is 6.07 Å². The van der Waals surface area contributed by atoms with Crippen LogP contribution in [0, 0.1) is 12.8 Å². The lowest BCUT2D eigenvalue weighted by Gasteiger charge is -2.30. The summed E-state index contributed by atoms with van der Waals surface area (Å²) in [6.45, 7) is 11.2. The normalized spacial score (nSPS) is 19.2. The number of rotatable bonds is 8. The van der Waals surface area contributed by atoms with Crippen molar-refractivity contribution >= 4 is 22.8 Å². The van der Waals surface area contributed by atoms with Gasteiger partial charge in [0.2, 0.25) is 0 Å². The van der Waals surface area contributed by atoms with Crippen LogP contribution in [0.15, 0.2) is 36.4 Å². The molecular formula is C31H41NO2. The highest BCUT2D eigenvalue weighted by Gasteiger charge is 2.31. The second-order valence-corrected chi connectivity index (χ2v) is 10.4. The van der Waals surface area contributed by atoms with E-state index in [9.17, 15) is 9.90 Å². The van der Waals surface area contributed by atoms with E-state index in [0.717, 1.165) is 18.7 Å². The minimum atomic E-state index is -0.854. The standard InChI is InChI=1S/C31H41NO2/c1-5-7-18-32-20-23(6-2)28-15-11-14-27(30(28)32)22(4)29(24-12-9-8-10-13-24)26-17-16-25(31(33)34)19-21(26)3/h11,14-17,19,23-24H,5-10,12-13,18,20H2,1-4H3,(H,33,34)/b29-22+. The lowest BCUT2D eigenvalue weighted by atomic mass is 9.76. The van der Waals surface area contributed by atoms with Crippen molar-refractivity contribution in [3.8, 4) is 0 Å². The number of aryl methyl sites for hydroxylation is 1. The van der Waals surface area contributed by atoms with Gasteiger partial charge in [0.25, 0.3) is 0 Å². The van der Waals surface area contributed by atoms with E-state index < -0.39 is 5.97 Å². The van der Waals surface area contributed by atoms with Crippen LogP contribution in [0.4, 0.5) is 5.69 Å². The smallest absolute Gasteiger partial charge is 0.335 e. The zero-order valence-electron chi connectivity index (χ0n) is 21.5. The van der Waals surface area contributed by atoms with Crippen LogP contribution in [0.3, 0.4) is 0 Å². The number of carboxylic acids is 1. The third kappa shape index (κ3) is 4.80. The monoisotopic (exact) mass is 459 g/mol. The zero-order chi connectivity index (χ0) is 24.2. The molecule has 2 aliphatic rings. The molecule has 4 rings (SSSR count). The first-order valence-corrected chi connectivity index (χ1v) is 13.4. The van der Waals surface area contributed by atoms with E-state index in [0.29, 0.717) is 17.4 Å². The molecule has 1 unspecified atom stereocenters. The summed E-state index contributed by atoms with van der Waals surface area (Å²) in [5.74, 6) is 0.286. The fourth-order valence-corrected chi connectivity index (χ4v) is 6.27. The molecule has 0 aromatic heterocycles. The van der Waals surface area contributed by atoms with Gasteiger partial charge in [-0.25, -0.2) is 4.79 Å². The Bertz CT molecular complexity index is 1060. The first-order valence-electron chi connectivity index (χ1n) is 13.4. The molecule has 0 spiro atoms. The van der Waals surface area contributed by atoms with Crippen LogP contribution in [0.25, 0.3) is 11.1 Å². The molecule has 0 amide bonds. The minimum Gasteiger partial charge on any atom is -0.478 e. The van der Waals surface area contributed by atoms with Gasteiger partial charge < -0.3 is 10.0 Å². The van der Waals surface area contributed by atoms with Crippen LogP contribution in [0.1, 0.15) is 111 Å². The van der Waals surface area contributed by atoms with E-state index in [1.54, 1.807) is 6.07 Å². The van der Waals surface area contributed by atoms with Gasteiger partial charge in [0.1, 0.15) is 0 Å². The van der Waals surface area contributed by atoms with Crippen molar-refractivity contribution in [3.63, 3.8) is 0 Å². The van der Waals surface area contributed by atoms with Gasteiger partial charge in [-0.1, -0.05) is 63.8 Å². The molecular weight excluding hydrogens is 418 g/mol. The Morgan fingerprint density at radius 2 is 1.82 bits per heavy atom. The summed E-state index contributed by atoms with van der Waals surface area (Å²) in [7, 11) is 0. The Balaban J connectivity index is 1.89. The number of allylic oxidation sites excluding steroid dienone is 2. The van der Waals surface area contributed by atoms with E-state index in [-0.39, 0.29) is 0 Å². The number of aromatic carboxylic acids is 1. The highest BCUT2D eigenvalue weighted by molar-refractivity contribution is 5.97. The number of anilines is 1. The van der Waals surface area contributed by atoms with E-state index in [2.05, 4.69) is 56.9 Å². The van der Waals surface area contributed by atoms with Crippen molar-refractivity contribution < 1.29 is 9.90 Å². The summed E-state index contributed by atoms with van der Waals surface area (Å²) in [4.78, 5) is 14.2. The number of fused-ring (bicyclic) bond motifs is 1. The second-order valence-electron chi connectivity index (χ2n) is 10.4. The molecule has 0 radical (unpaired) electrons. The number of carbonyl (C=O) groups is 1. The fraction of sp³-hybridized carbons (Fsp3) is 0.516. The molecule has 3 heteroatoms. The van der Waals surface area contributed by atoms with Gasteiger partial charge in [-0.2, -0.15) is 0 Å². The molecule has 1 N–H and O–H groups in total. The van der Waals surface area contributed by atoms with Crippen molar-refractivity contribution in [1.29, 1.82) is 0 Å². The summed E-state index contributed by atoms with van der Waals surface area (Å²) < 4.78 is 0. The van der Waals surface area contributed by atoms with Crippen LogP contribution < -0.4 is 4.90 Å². The molecule has 182 valence electrons. The quantitative estimate of drug-likeness (QED) is 0.403. The summed E-state index contributed by atoms with van der Waals surface area (Å²) in [6.07, 6.45) is 9.93. The summed E-state index contributed by atoms with van der Waals surface area (Å²) >= 11 is 0. The number of hydrogen-bond acceptors (Lipinski definition) is 2. The second kappa shape index (κ2) is 10.8. The molecule has 1 heterocycles. The van der Waals surface area contributed by atoms with E-state index in [4.69, 9.17) is 0 Å². The molecule has 0 saturated heterocycles. The van der Waals surface area contributed by atoms with Crippen LogP contribution >= 0.6 is 0 Å². The Labute approximate surface area is 205 Å². The molecule has 0 bridgehead atoms. The number of para-hydroxylation sites is 1. The van der Waals surface area contributed by atoms with Gasteiger partial charge in [0, 0.05) is 30.3 Å². The van der Waals surface area contributed by atoms with Crippen molar-refractivity contribution in [2.75, 3.05) is 18.0 Å². The van der Waals surface area contributed by atoms with Crippen LogP contribution in [0.2, 0.25) is 0 Å². The Morgan fingerprint density at radius 1 is 1.06 bits per heavy atom. The highest BCUT2D eigenvalue weighted by Crippen LogP contribution is 2.47. The van der Waals surface area contributed by atoms with Crippen LogP contribution in [0.5, 0.6) is 0 Å². The van der Waals surface area contributed by atoms with Gasteiger partial charge >= 0.3 is 5.97 Å². The first-order chi connectivity index (χ1) is 16.5. The Morgan fingerprint density at radius 3 is 2.47 bits per heavy atom. The van der Waals surface area contributed by atoms with Crippen molar-refractivity contribution in [2.24, 2.45) is 5.92 Å². The molecule has 34 heavy (non-hydrogen) atoms. The first kappa shape index (κ1) is 24.6. The predicted molar refractivity (Wildman–Crippen MR) is 144 cm³/mol. The van der Waals surface area contributed by atoms with Gasteiger partial charge in [-0.3, -0.25) is 0 Å². The Hall–Kier alpha value is -2.55. The predicted octanol–water partition coefficient (Wildman–Crippen LogP) is 8.32. The zero-order valence-corrected chi connectivity index (χ0v) is 21.5. The molecule has 3 nitrogen and oxygen atoms in total.